The van der Waals surface area contributed by atoms with Crippen LogP contribution >= 0.6 is 0 Å². The molecule has 0 aliphatic carbocycles. The Labute approximate surface area is 121 Å². The van der Waals surface area contributed by atoms with Crippen LogP contribution in [0.15, 0.2) is 0 Å². The van der Waals surface area contributed by atoms with Gasteiger partial charge in [-0.05, 0) is 6.42 Å². The zero-order valence-corrected chi connectivity index (χ0v) is 13.4. The summed E-state index contributed by atoms with van der Waals surface area (Å²) < 4.78 is 110. The lowest BCUT2D eigenvalue weighted by Gasteiger charge is -2.05. The van der Waals surface area contributed by atoms with E-state index >= 15 is 0 Å². The highest BCUT2D eigenvalue weighted by Crippen LogP contribution is 2.02. The molecule has 2 N–H and O–H groups in total. The van der Waals surface area contributed by atoms with Gasteiger partial charge in [0.1, 0.15) is 0 Å². The lowest BCUT2D eigenvalue weighted by Crippen LogP contribution is -2.20. The van der Waals surface area contributed by atoms with Crippen molar-refractivity contribution in [3.05, 3.63) is 0 Å². The number of hydrogen-bond acceptors (Lipinski definition) is 10. The molecule has 0 heterocycles. The fraction of sp³-hybridized carbons (Fsp3) is 1.00. The van der Waals surface area contributed by atoms with Gasteiger partial charge in [0.2, 0.25) is 10.2 Å². The molecule has 16 heteroatoms. The molecular weight excluding hydrogens is 380 g/mol. The maximum absolute atomic E-state index is 11.0. The van der Waals surface area contributed by atoms with Crippen molar-refractivity contribution in [2.24, 2.45) is 0 Å². The average Bonchev–Trinajstić information content (AvgIpc) is 2.07. The summed E-state index contributed by atoms with van der Waals surface area (Å²) in [5.41, 5.74) is 0. The van der Waals surface area contributed by atoms with Crippen molar-refractivity contribution in [3.8, 4) is 0 Å². The molecule has 0 bridgehead atoms. The zero-order valence-electron chi connectivity index (χ0n) is 10.1. The normalized spacial score (nSPS) is 14.2. The third kappa shape index (κ3) is 13.1. The van der Waals surface area contributed by atoms with Gasteiger partial charge < -0.3 is 0 Å². The largest absolute Gasteiger partial charge is 0.285 e. The minimum Gasteiger partial charge on any atom is -0.285 e. The second-order valence-electron chi connectivity index (χ2n) is 3.51. The first kappa shape index (κ1) is 20.6. The molecule has 0 aromatic rings. The predicted octanol–water partition coefficient (Wildman–Crippen LogP) is -2.24. The summed E-state index contributed by atoms with van der Waals surface area (Å²) in [7, 11) is -18.7. The van der Waals surface area contributed by atoms with Gasteiger partial charge in [-0.2, -0.15) is 33.7 Å². The Kier molecular flexibility index (Phi) is 7.14. The summed E-state index contributed by atoms with van der Waals surface area (Å²) in [5, 5.41) is -3.33. The second kappa shape index (κ2) is 7.27. The van der Waals surface area contributed by atoms with Crippen molar-refractivity contribution in [3.63, 3.8) is 0 Å². The van der Waals surface area contributed by atoms with E-state index in [0.29, 0.717) is 0 Å². The van der Waals surface area contributed by atoms with Crippen LogP contribution in [0.25, 0.3) is 0 Å². The zero-order chi connectivity index (χ0) is 16.9. The molecule has 128 valence electrons. The Morgan fingerprint density at radius 1 is 0.619 bits per heavy atom. The summed E-state index contributed by atoms with van der Waals surface area (Å²) in [5.74, 6) is 0. The van der Waals surface area contributed by atoms with Crippen molar-refractivity contribution in [1.82, 2.24) is 0 Å². The highest BCUT2D eigenvalue weighted by molar-refractivity contribution is 8.03. The monoisotopic (exact) mass is 392 g/mol. The van der Waals surface area contributed by atoms with Crippen molar-refractivity contribution in [2.45, 2.75) is 6.42 Å². The molecule has 0 amide bonds. The van der Waals surface area contributed by atoms with Gasteiger partial charge in [0.15, 0.2) is 0 Å². The molecule has 0 aromatic heterocycles. The lowest BCUT2D eigenvalue weighted by molar-refractivity contribution is 0.256. The summed E-state index contributed by atoms with van der Waals surface area (Å²) in [6.45, 7) is -1.33. The molecule has 0 fully saturated rings. The molecule has 0 aliphatic heterocycles. The smallest absolute Gasteiger partial charge is 0.284 e. The SMILES string of the molecule is O=S(=O)(O)CS(=O)(=O)OCCCOS(=O)(=O)CS(=O)(=O)O. The summed E-state index contributed by atoms with van der Waals surface area (Å²) in [4.78, 5) is 0. The Morgan fingerprint density at radius 2 is 0.905 bits per heavy atom. The molecule has 0 saturated heterocycles. The quantitative estimate of drug-likeness (QED) is 0.231. The van der Waals surface area contributed by atoms with E-state index in [-0.39, 0.29) is 6.42 Å². The third-order valence-corrected chi connectivity index (χ3v) is 7.14. The van der Waals surface area contributed by atoms with E-state index < -0.39 is 63.9 Å². The molecule has 0 aromatic carbocycles. The Balaban J connectivity index is 4.19. The molecule has 0 radical (unpaired) electrons. The van der Waals surface area contributed by atoms with Crippen LogP contribution in [0, 0.1) is 0 Å². The van der Waals surface area contributed by atoms with Gasteiger partial charge in [-0.15, -0.1) is 0 Å². The van der Waals surface area contributed by atoms with E-state index in [1.54, 1.807) is 0 Å². The van der Waals surface area contributed by atoms with E-state index in [0.717, 1.165) is 0 Å². The van der Waals surface area contributed by atoms with Gasteiger partial charge >= 0.3 is 0 Å². The molecule has 0 unspecified atom stereocenters. The number of rotatable bonds is 10. The van der Waals surface area contributed by atoms with Crippen LogP contribution < -0.4 is 0 Å². The molecule has 0 spiro atoms. The molecule has 0 rings (SSSR count). The number of hydrogen-bond donors (Lipinski definition) is 2. The van der Waals surface area contributed by atoms with Crippen molar-refractivity contribution in [2.75, 3.05) is 23.4 Å². The van der Waals surface area contributed by atoms with Crippen molar-refractivity contribution >= 4 is 40.5 Å². The van der Waals surface area contributed by atoms with Gasteiger partial charge in [0.25, 0.3) is 40.5 Å². The minimum atomic E-state index is -4.80. The van der Waals surface area contributed by atoms with Crippen LogP contribution in [-0.4, -0.2) is 66.2 Å². The van der Waals surface area contributed by atoms with Crippen molar-refractivity contribution in [1.29, 1.82) is 0 Å². The van der Waals surface area contributed by atoms with Crippen LogP contribution in [0.1, 0.15) is 6.42 Å². The summed E-state index contributed by atoms with van der Waals surface area (Å²) in [6.07, 6.45) is -0.352. The first-order chi connectivity index (χ1) is 9.12. The van der Waals surface area contributed by atoms with Gasteiger partial charge in [0, 0.05) is 0 Å². The van der Waals surface area contributed by atoms with E-state index in [1.807, 2.05) is 0 Å². The highest BCUT2D eigenvalue weighted by Gasteiger charge is 2.22. The van der Waals surface area contributed by atoms with Gasteiger partial charge in [-0.1, -0.05) is 0 Å². The highest BCUT2D eigenvalue weighted by atomic mass is 32.3. The standard InChI is InChI=1S/C5H12O12S4/c6-18(7,8)4-20(12,13)16-2-1-3-17-21(14,15)5-19(9,10)11/h1-5H2,(H,6,7,8)(H,9,10,11). The first-order valence-corrected chi connectivity index (χ1v) is 11.1. The second-order valence-corrected chi connectivity index (χ2v) is 10.4. The third-order valence-electron chi connectivity index (χ3n) is 1.40. The fourth-order valence-corrected chi connectivity index (χ4v) is 5.07. The topological polar surface area (TPSA) is 195 Å². The first-order valence-electron chi connectivity index (χ1n) is 4.76. The average molecular weight is 392 g/mol. The van der Waals surface area contributed by atoms with Crippen LogP contribution in [0.4, 0.5) is 0 Å². The van der Waals surface area contributed by atoms with E-state index in [2.05, 4.69) is 8.37 Å². The lowest BCUT2D eigenvalue weighted by atomic mass is 10.5. The molecule has 0 saturated carbocycles. The maximum atomic E-state index is 11.0. The van der Waals surface area contributed by atoms with E-state index in [9.17, 15) is 33.7 Å². The van der Waals surface area contributed by atoms with Crippen LogP contribution in [0.3, 0.4) is 0 Å². The van der Waals surface area contributed by atoms with Gasteiger partial charge in [0.05, 0.1) is 13.2 Å². The predicted molar refractivity (Wildman–Crippen MR) is 67.2 cm³/mol. The van der Waals surface area contributed by atoms with Crippen LogP contribution in [-0.2, 0) is 48.8 Å². The molecular formula is C5H12O12S4. The maximum Gasteiger partial charge on any atom is 0.284 e. The Morgan fingerprint density at radius 3 is 1.14 bits per heavy atom. The van der Waals surface area contributed by atoms with Crippen LogP contribution in [0.5, 0.6) is 0 Å². The Hall–Kier alpha value is -0.360. The minimum absolute atomic E-state index is 0.352. The summed E-state index contributed by atoms with van der Waals surface area (Å²) in [6, 6.07) is 0. The van der Waals surface area contributed by atoms with E-state index in [4.69, 9.17) is 9.11 Å². The molecule has 12 nitrogen and oxygen atoms in total. The van der Waals surface area contributed by atoms with Gasteiger partial charge in [-0.25, -0.2) is 0 Å². The van der Waals surface area contributed by atoms with E-state index in [1.165, 1.54) is 0 Å². The van der Waals surface area contributed by atoms with Crippen LogP contribution in [0.2, 0.25) is 0 Å². The van der Waals surface area contributed by atoms with Crippen molar-refractivity contribution < 1.29 is 51.1 Å². The summed E-state index contributed by atoms with van der Waals surface area (Å²) >= 11 is 0. The van der Waals surface area contributed by atoms with Gasteiger partial charge in [-0.3, -0.25) is 17.5 Å². The fourth-order valence-electron chi connectivity index (χ4n) is 0.864. The molecule has 0 aliphatic rings. The molecule has 0 atom stereocenters. The Bertz CT molecular complexity index is 672. The molecule has 21 heavy (non-hydrogen) atoms.